The van der Waals surface area contributed by atoms with Crippen LogP contribution < -0.4 is 5.32 Å². The van der Waals surface area contributed by atoms with Crippen molar-refractivity contribution in [3.05, 3.63) is 66.4 Å². The minimum atomic E-state index is 0.0635. The van der Waals surface area contributed by atoms with E-state index in [1.165, 1.54) is 4.90 Å². The largest absolute Gasteiger partial charge is 0.467 e. The van der Waals surface area contributed by atoms with Gasteiger partial charge in [-0.1, -0.05) is 23.4 Å². The Kier molecular flexibility index (Phi) is 6.08. The summed E-state index contributed by atoms with van der Waals surface area (Å²) in [5.41, 5.74) is 1.00. The number of hydrogen-bond acceptors (Lipinski definition) is 6. The Bertz CT molecular complexity index is 991. The van der Waals surface area contributed by atoms with Crippen LogP contribution in [0.25, 0.3) is 0 Å². The van der Waals surface area contributed by atoms with Gasteiger partial charge in [0.15, 0.2) is 0 Å². The van der Waals surface area contributed by atoms with Crippen molar-refractivity contribution >= 4 is 17.7 Å². The number of thioether (sulfide) groups is 1. The smallest absolute Gasteiger partial charge is 0.225 e. The number of amides is 1. The van der Waals surface area contributed by atoms with Crippen molar-refractivity contribution in [3.8, 4) is 0 Å². The Morgan fingerprint density at radius 1 is 1.23 bits per heavy atom. The first-order chi connectivity index (χ1) is 15.2. The number of rotatable bonds is 8. The van der Waals surface area contributed by atoms with E-state index in [9.17, 15) is 4.79 Å². The molecule has 1 unspecified atom stereocenters. The van der Waals surface area contributed by atoms with Gasteiger partial charge in [0.2, 0.25) is 5.91 Å². The highest BCUT2D eigenvalue weighted by Gasteiger charge is 2.43. The van der Waals surface area contributed by atoms with Crippen LogP contribution in [0.4, 0.5) is 0 Å². The fourth-order valence-corrected chi connectivity index (χ4v) is 5.52. The van der Waals surface area contributed by atoms with Crippen molar-refractivity contribution in [3.63, 3.8) is 0 Å². The van der Waals surface area contributed by atoms with Gasteiger partial charge in [0, 0.05) is 29.4 Å². The molecule has 3 fully saturated rings. The van der Waals surface area contributed by atoms with Gasteiger partial charge in [0.1, 0.15) is 5.76 Å². The van der Waals surface area contributed by atoms with Gasteiger partial charge in [-0.3, -0.25) is 14.4 Å². The van der Waals surface area contributed by atoms with E-state index < -0.39 is 0 Å². The van der Waals surface area contributed by atoms with E-state index in [0.717, 1.165) is 49.7 Å². The summed E-state index contributed by atoms with van der Waals surface area (Å²) in [7, 11) is 0. The Morgan fingerprint density at radius 3 is 2.90 bits per heavy atom. The zero-order valence-electron chi connectivity index (χ0n) is 17.4. The fourth-order valence-electron chi connectivity index (χ4n) is 4.73. The number of piperidine rings is 3. The van der Waals surface area contributed by atoms with Crippen LogP contribution in [0, 0.1) is 11.8 Å². The molecule has 0 aliphatic carbocycles. The molecular weight excluding hydrogens is 410 g/mol. The van der Waals surface area contributed by atoms with Crippen molar-refractivity contribution in [2.75, 3.05) is 13.1 Å². The lowest BCUT2D eigenvalue weighted by Crippen LogP contribution is -2.57. The number of hydrogen-bond donors (Lipinski definition) is 1. The summed E-state index contributed by atoms with van der Waals surface area (Å²) in [6, 6.07) is 14.5. The summed E-state index contributed by atoms with van der Waals surface area (Å²) >= 11 is 1.77. The molecular formula is C23H27N5O2S. The molecule has 1 N–H and O–H groups in total. The fraction of sp³-hybridized carbons (Fsp3) is 0.435. The third kappa shape index (κ3) is 4.85. The molecule has 1 amide bonds. The van der Waals surface area contributed by atoms with Crippen molar-refractivity contribution in [2.45, 2.75) is 42.6 Å². The first kappa shape index (κ1) is 20.3. The quantitative estimate of drug-likeness (QED) is 0.546. The summed E-state index contributed by atoms with van der Waals surface area (Å²) < 4.78 is 7.29. The maximum absolute atomic E-state index is 12.7. The highest BCUT2D eigenvalue weighted by atomic mass is 32.2. The Morgan fingerprint density at radius 2 is 2.13 bits per heavy atom. The number of aromatic nitrogens is 3. The van der Waals surface area contributed by atoms with E-state index in [1.54, 1.807) is 18.0 Å². The van der Waals surface area contributed by atoms with Crippen molar-refractivity contribution in [1.82, 2.24) is 25.2 Å². The second-order valence-corrected chi connectivity index (χ2v) is 9.42. The van der Waals surface area contributed by atoms with E-state index in [1.807, 2.05) is 22.9 Å². The third-order valence-electron chi connectivity index (χ3n) is 6.35. The van der Waals surface area contributed by atoms with Gasteiger partial charge in [-0.2, -0.15) is 0 Å². The van der Waals surface area contributed by atoms with Crippen LogP contribution in [-0.4, -0.2) is 44.9 Å². The molecule has 31 heavy (non-hydrogen) atoms. The lowest BCUT2D eigenvalue weighted by molar-refractivity contribution is -0.133. The molecule has 162 valence electrons. The molecule has 7 nitrogen and oxygen atoms in total. The van der Waals surface area contributed by atoms with Crippen molar-refractivity contribution in [2.24, 2.45) is 11.8 Å². The lowest BCUT2D eigenvalue weighted by atomic mass is 9.75. The minimum Gasteiger partial charge on any atom is -0.467 e. The summed E-state index contributed by atoms with van der Waals surface area (Å²) in [5, 5.41) is 11.8. The Hall–Kier alpha value is -2.58. The second kappa shape index (κ2) is 9.28. The van der Waals surface area contributed by atoms with Gasteiger partial charge in [-0.15, -0.1) is 16.9 Å². The van der Waals surface area contributed by atoms with Gasteiger partial charge in [-0.05, 0) is 49.6 Å². The lowest BCUT2D eigenvalue weighted by Gasteiger charge is -2.49. The van der Waals surface area contributed by atoms with Crippen LogP contribution in [0.15, 0.2) is 64.2 Å². The first-order valence-corrected chi connectivity index (χ1v) is 11.8. The van der Waals surface area contributed by atoms with E-state index in [-0.39, 0.29) is 11.8 Å². The highest BCUT2D eigenvalue weighted by molar-refractivity contribution is 7.98. The summed E-state index contributed by atoms with van der Waals surface area (Å²) in [6.45, 7) is 3.18. The summed E-state index contributed by atoms with van der Waals surface area (Å²) in [6.07, 6.45) is 5.82. The standard InChI is InChI=1S/C23H27N5O2S/c29-23(24-12-20-5-4-10-30-20)22-15-27-9-8-17(22)11-19(27)14-28-13-18(25-26-28)16-31-21-6-2-1-3-7-21/h1-7,10,13,17,19,22H,8-9,11-12,14-16H2,(H,24,29)/t17-,19-,22+/m1/s1. The average Bonchev–Trinajstić information content (AvgIpc) is 3.49. The Labute approximate surface area is 186 Å². The van der Waals surface area contributed by atoms with Gasteiger partial charge in [0.25, 0.3) is 0 Å². The molecule has 0 spiro atoms. The number of nitrogens with zero attached hydrogens (tertiary/aromatic N) is 4. The number of carbonyl (C=O) groups excluding carboxylic acids is 1. The predicted molar refractivity (Wildman–Crippen MR) is 118 cm³/mol. The normalized spacial score (nSPS) is 24.9. The number of nitrogens with one attached hydrogen (secondary N) is 1. The highest BCUT2D eigenvalue weighted by Crippen LogP contribution is 2.37. The third-order valence-corrected chi connectivity index (χ3v) is 7.39. The number of benzene rings is 1. The van der Waals surface area contributed by atoms with Crippen LogP contribution in [0.1, 0.15) is 24.3 Å². The van der Waals surface area contributed by atoms with Crippen LogP contribution in [-0.2, 0) is 23.6 Å². The molecule has 3 aliphatic heterocycles. The summed E-state index contributed by atoms with van der Waals surface area (Å²) in [5.74, 6) is 2.25. The van der Waals surface area contributed by atoms with Crippen LogP contribution in [0.2, 0.25) is 0 Å². The van der Waals surface area contributed by atoms with Crippen LogP contribution in [0.3, 0.4) is 0 Å². The monoisotopic (exact) mass is 437 g/mol. The molecule has 0 saturated carbocycles. The molecule has 0 radical (unpaired) electrons. The molecule has 3 aliphatic rings. The first-order valence-electron chi connectivity index (χ1n) is 10.9. The maximum Gasteiger partial charge on any atom is 0.225 e. The molecule has 4 atom stereocenters. The number of fused-ring (bicyclic) bond motifs is 3. The maximum atomic E-state index is 12.7. The number of carbonyl (C=O) groups is 1. The second-order valence-electron chi connectivity index (χ2n) is 8.37. The average molecular weight is 438 g/mol. The predicted octanol–water partition coefficient (Wildman–Crippen LogP) is 3.19. The van der Waals surface area contributed by atoms with Gasteiger partial charge >= 0.3 is 0 Å². The minimum absolute atomic E-state index is 0.0635. The molecule has 3 aromatic rings. The van der Waals surface area contributed by atoms with E-state index in [2.05, 4.69) is 51.0 Å². The van der Waals surface area contributed by atoms with Crippen molar-refractivity contribution in [1.29, 1.82) is 0 Å². The molecule has 2 aromatic heterocycles. The number of furan rings is 1. The zero-order valence-corrected chi connectivity index (χ0v) is 18.2. The van der Waals surface area contributed by atoms with E-state index in [4.69, 9.17) is 4.42 Å². The molecule has 3 saturated heterocycles. The van der Waals surface area contributed by atoms with Crippen LogP contribution in [0.5, 0.6) is 0 Å². The molecule has 1 aromatic carbocycles. The molecule has 2 bridgehead atoms. The zero-order chi connectivity index (χ0) is 21.0. The van der Waals surface area contributed by atoms with Crippen molar-refractivity contribution < 1.29 is 9.21 Å². The molecule has 5 heterocycles. The van der Waals surface area contributed by atoms with Gasteiger partial charge in [-0.25, -0.2) is 0 Å². The van der Waals surface area contributed by atoms with Crippen LogP contribution >= 0.6 is 11.8 Å². The summed E-state index contributed by atoms with van der Waals surface area (Å²) in [4.78, 5) is 16.4. The molecule has 6 rings (SSSR count). The SMILES string of the molecule is O=C(NCc1ccco1)[C@H]1CN2CC[C@@H]1C[C@@H]2Cn1cc(CSc2ccccc2)nn1. The molecule has 8 heteroatoms. The van der Waals surface area contributed by atoms with E-state index in [0.29, 0.717) is 18.5 Å². The van der Waals surface area contributed by atoms with Gasteiger partial charge < -0.3 is 9.73 Å². The van der Waals surface area contributed by atoms with E-state index >= 15 is 0 Å². The van der Waals surface area contributed by atoms with Gasteiger partial charge in [0.05, 0.1) is 31.0 Å². The topological polar surface area (TPSA) is 76.2 Å². The Balaban J connectivity index is 1.13.